The highest BCUT2D eigenvalue weighted by molar-refractivity contribution is 5.77. The van der Waals surface area contributed by atoms with Crippen LogP contribution >= 0.6 is 0 Å². The maximum Gasteiger partial charge on any atom is 0.217 e. The van der Waals surface area contributed by atoms with Gasteiger partial charge >= 0.3 is 0 Å². The Bertz CT molecular complexity index is 221. The fourth-order valence-electron chi connectivity index (χ4n) is 0.983. The van der Waals surface area contributed by atoms with E-state index in [1.54, 1.807) is 0 Å². The van der Waals surface area contributed by atoms with E-state index >= 15 is 0 Å². The number of aldehydes is 1. The summed E-state index contributed by atoms with van der Waals surface area (Å²) < 4.78 is 0. The van der Waals surface area contributed by atoms with Crippen LogP contribution in [0.3, 0.4) is 0 Å². The molecule has 0 aliphatic rings. The SMILES string of the molecule is CC(=O)N[C@H](C=O)[C@@H](O)[C@@H](O)[C@H](O)CO. The Balaban J connectivity index is 4.42. The Morgan fingerprint density at radius 2 is 1.87 bits per heavy atom. The van der Waals surface area contributed by atoms with Gasteiger partial charge in [0.1, 0.15) is 30.6 Å². The molecule has 0 aliphatic heterocycles. The van der Waals surface area contributed by atoms with Crippen molar-refractivity contribution in [2.75, 3.05) is 6.61 Å². The maximum atomic E-state index is 10.6. The molecule has 15 heavy (non-hydrogen) atoms. The molecular weight excluding hydrogens is 206 g/mol. The van der Waals surface area contributed by atoms with Crippen molar-refractivity contribution in [1.82, 2.24) is 5.32 Å². The molecule has 0 aromatic heterocycles. The zero-order valence-electron chi connectivity index (χ0n) is 8.20. The molecule has 0 bridgehead atoms. The van der Waals surface area contributed by atoms with E-state index in [0.29, 0.717) is 0 Å². The van der Waals surface area contributed by atoms with Gasteiger partial charge in [0.25, 0.3) is 0 Å². The minimum Gasteiger partial charge on any atom is -0.394 e. The number of rotatable bonds is 6. The summed E-state index contributed by atoms with van der Waals surface area (Å²) in [6, 6.07) is -1.32. The minimum atomic E-state index is -1.71. The summed E-state index contributed by atoms with van der Waals surface area (Å²) in [5, 5.41) is 38.2. The van der Waals surface area contributed by atoms with Crippen LogP contribution in [0.5, 0.6) is 0 Å². The summed E-state index contributed by atoms with van der Waals surface area (Å²) in [7, 11) is 0. The van der Waals surface area contributed by atoms with E-state index < -0.39 is 36.9 Å². The quantitative estimate of drug-likeness (QED) is 0.300. The molecule has 5 N–H and O–H groups in total. The van der Waals surface area contributed by atoms with Crippen LogP contribution in [0.15, 0.2) is 0 Å². The van der Waals surface area contributed by atoms with E-state index in [0.717, 1.165) is 6.92 Å². The summed E-state index contributed by atoms with van der Waals surface area (Å²) >= 11 is 0. The molecule has 0 fully saturated rings. The van der Waals surface area contributed by atoms with Crippen molar-refractivity contribution in [3.05, 3.63) is 0 Å². The molecule has 4 atom stereocenters. The Morgan fingerprint density at radius 3 is 2.20 bits per heavy atom. The average molecular weight is 221 g/mol. The van der Waals surface area contributed by atoms with Gasteiger partial charge in [0.15, 0.2) is 0 Å². The van der Waals surface area contributed by atoms with Gasteiger partial charge in [0.2, 0.25) is 5.91 Å². The largest absolute Gasteiger partial charge is 0.394 e. The third kappa shape index (κ3) is 4.34. The van der Waals surface area contributed by atoms with Crippen LogP contribution in [0.2, 0.25) is 0 Å². The van der Waals surface area contributed by atoms with Crippen LogP contribution in [0.1, 0.15) is 6.92 Å². The number of carbonyl (C=O) groups excluding carboxylic acids is 2. The average Bonchev–Trinajstić information content (AvgIpc) is 2.22. The summed E-state index contributed by atoms with van der Waals surface area (Å²) in [6.07, 6.45) is -4.72. The molecule has 1 amide bonds. The molecule has 0 saturated heterocycles. The first-order valence-electron chi connectivity index (χ1n) is 4.31. The lowest BCUT2D eigenvalue weighted by Gasteiger charge is -2.25. The highest BCUT2D eigenvalue weighted by Crippen LogP contribution is 2.03. The van der Waals surface area contributed by atoms with Gasteiger partial charge in [-0.15, -0.1) is 0 Å². The predicted molar refractivity (Wildman–Crippen MR) is 48.8 cm³/mol. The summed E-state index contributed by atoms with van der Waals surface area (Å²) in [5.74, 6) is -0.558. The van der Waals surface area contributed by atoms with Crippen LogP contribution in [-0.4, -0.2) is 63.6 Å². The number of amides is 1. The monoisotopic (exact) mass is 221 g/mol. The van der Waals surface area contributed by atoms with Crippen molar-refractivity contribution in [2.45, 2.75) is 31.3 Å². The van der Waals surface area contributed by atoms with Crippen molar-refractivity contribution < 1.29 is 30.0 Å². The topological polar surface area (TPSA) is 127 Å². The first kappa shape index (κ1) is 14.0. The molecule has 0 aliphatic carbocycles. The van der Waals surface area contributed by atoms with Crippen LogP contribution in [0.25, 0.3) is 0 Å². The Morgan fingerprint density at radius 1 is 1.33 bits per heavy atom. The normalized spacial score (nSPS) is 18.7. The van der Waals surface area contributed by atoms with E-state index in [1.165, 1.54) is 0 Å². The Kier molecular flexibility index (Phi) is 6.02. The van der Waals surface area contributed by atoms with Crippen LogP contribution in [0, 0.1) is 0 Å². The van der Waals surface area contributed by atoms with Gasteiger partial charge in [0, 0.05) is 6.92 Å². The fourth-order valence-corrected chi connectivity index (χ4v) is 0.983. The van der Waals surface area contributed by atoms with Crippen molar-refractivity contribution in [1.29, 1.82) is 0 Å². The highest BCUT2D eigenvalue weighted by Gasteiger charge is 2.31. The molecule has 88 valence electrons. The van der Waals surface area contributed by atoms with Crippen molar-refractivity contribution in [2.24, 2.45) is 0 Å². The van der Waals surface area contributed by atoms with Gasteiger partial charge in [-0.2, -0.15) is 0 Å². The van der Waals surface area contributed by atoms with Gasteiger partial charge in [-0.3, -0.25) is 4.79 Å². The molecule has 7 nitrogen and oxygen atoms in total. The highest BCUT2D eigenvalue weighted by atomic mass is 16.4. The maximum absolute atomic E-state index is 10.6. The van der Waals surface area contributed by atoms with E-state index in [1.807, 2.05) is 0 Å². The van der Waals surface area contributed by atoms with Crippen LogP contribution < -0.4 is 5.32 Å². The lowest BCUT2D eigenvalue weighted by Crippen LogP contribution is -2.53. The number of hydrogen-bond acceptors (Lipinski definition) is 6. The summed E-state index contributed by atoms with van der Waals surface area (Å²) in [4.78, 5) is 21.1. The molecule has 0 rings (SSSR count). The second-order valence-electron chi connectivity index (χ2n) is 3.09. The first-order valence-corrected chi connectivity index (χ1v) is 4.31. The first-order chi connectivity index (χ1) is 6.93. The standard InChI is InChI=1S/C8H15NO6/c1-4(12)9-5(2-10)7(14)8(15)6(13)3-11/h2,5-8,11,13-15H,3H2,1H3,(H,9,12)/t5-,6-,7-,8+/m1/s1. The third-order valence-corrected chi connectivity index (χ3v) is 1.82. The second kappa shape index (κ2) is 6.46. The van der Waals surface area contributed by atoms with E-state index in [-0.39, 0.29) is 6.29 Å². The second-order valence-corrected chi connectivity index (χ2v) is 3.09. The number of aliphatic hydroxyl groups is 4. The lowest BCUT2D eigenvalue weighted by molar-refractivity contribution is -0.129. The molecule has 0 aromatic carbocycles. The smallest absolute Gasteiger partial charge is 0.217 e. The molecule has 0 aromatic rings. The van der Waals surface area contributed by atoms with Gasteiger partial charge < -0.3 is 30.5 Å². The van der Waals surface area contributed by atoms with Crippen LogP contribution in [0.4, 0.5) is 0 Å². The zero-order chi connectivity index (χ0) is 12.0. The number of aliphatic hydroxyl groups excluding tert-OH is 4. The van der Waals surface area contributed by atoms with E-state index in [9.17, 15) is 19.8 Å². The molecule has 0 saturated carbocycles. The number of nitrogens with one attached hydrogen (secondary N) is 1. The van der Waals surface area contributed by atoms with Crippen molar-refractivity contribution in [3.8, 4) is 0 Å². The minimum absolute atomic E-state index is 0.235. The van der Waals surface area contributed by atoms with Gasteiger partial charge in [-0.05, 0) is 0 Å². The molecule has 0 heterocycles. The third-order valence-electron chi connectivity index (χ3n) is 1.82. The zero-order valence-corrected chi connectivity index (χ0v) is 8.20. The number of carbonyl (C=O) groups is 2. The van der Waals surface area contributed by atoms with E-state index in [2.05, 4.69) is 5.32 Å². The predicted octanol–water partition coefficient (Wildman–Crippen LogP) is -3.23. The Labute approximate surface area is 86.3 Å². The van der Waals surface area contributed by atoms with Crippen molar-refractivity contribution in [3.63, 3.8) is 0 Å². The lowest BCUT2D eigenvalue weighted by atomic mass is 10.0. The molecule has 0 unspecified atom stereocenters. The Hall–Kier alpha value is -1.02. The van der Waals surface area contributed by atoms with Gasteiger partial charge in [-0.25, -0.2) is 0 Å². The summed E-state index contributed by atoms with van der Waals surface area (Å²) in [5.41, 5.74) is 0. The molecule has 0 spiro atoms. The summed E-state index contributed by atoms with van der Waals surface area (Å²) in [6.45, 7) is 0.377. The molecule has 7 heteroatoms. The van der Waals surface area contributed by atoms with Crippen molar-refractivity contribution >= 4 is 12.2 Å². The van der Waals surface area contributed by atoms with E-state index in [4.69, 9.17) is 10.2 Å². The molecule has 0 radical (unpaired) electrons. The fraction of sp³-hybridized carbons (Fsp3) is 0.750. The molecular formula is C8H15NO6. The van der Waals surface area contributed by atoms with Crippen LogP contribution in [-0.2, 0) is 9.59 Å². The van der Waals surface area contributed by atoms with Gasteiger partial charge in [0.05, 0.1) is 6.61 Å². The number of hydrogen-bond donors (Lipinski definition) is 5. The van der Waals surface area contributed by atoms with Gasteiger partial charge in [-0.1, -0.05) is 0 Å².